The Morgan fingerprint density at radius 2 is 2.11 bits per heavy atom. The minimum absolute atomic E-state index is 0.163. The van der Waals surface area contributed by atoms with Gasteiger partial charge in [-0.15, -0.1) is 0 Å². The highest BCUT2D eigenvalue weighted by Gasteiger charge is 2.41. The zero-order valence-corrected chi connectivity index (χ0v) is 10.4. The van der Waals surface area contributed by atoms with Crippen molar-refractivity contribution in [3.8, 4) is 0 Å². The summed E-state index contributed by atoms with van der Waals surface area (Å²) in [5, 5.41) is 3.57. The van der Waals surface area contributed by atoms with E-state index in [-0.39, 0.29) is 25.9 Å². The third-order valence-electron chi connectivity index (χ3n) is 3.24. The van der Waals surface area contributed by atoms with Gasteiger partial charge in [-0.1, -0.05) is 35.4 Å². The molecule has 0 N–H and O–H groups in total. The Morgan fingerprint density at radius 3 is 2.79 bits per heavy atom. The molecule has 1 saturated carbocycles. The van der Waals surface area contributed by atoms with E-state index in [0.717, 1.165) is 5.56 Å². The van der Waals surface area contributed by atoms with Crippen LogP contribution in [0.25, 0.3) is 10.4 Å². The average Bonchev–Trinajstić information content (AvgIpc) is 2.40. The van der Waals surface area contributed by atoms with Gasteiger partial charge >= 0.3 is 0 Å². The maximum atomic E-state index is 13.4. The summed E-state index contributed by atoms with van der Waals surface area (Å²) in [5.74, 6) is -2.73. The summed E-state index contributed by atoms with van der Waals surface area (Å²) in [6, 6.07) is 8.82. The van der Waals surface area contributed by atoms with E-state index >= 15 is 0 Å². The predicted octanol–water partition coefficient (Wildman–Crippen LogP) is 4.07. The number of benzene rings is 1. The molecule has 19 heavy (non-hydrogen) atoms. The van der Waals surface area contributed by atoms with Crippen molar-refractivity contribution in [1.82, 2.24) is 0 Å². The first-order valence-corrected chi connectivity index (χ1v) is 6.18. The first kappa shape index (κ1) is 13.8. The molecule has 0 radical (unpaired) electrons. The molecule has 1 aromatic rings. The number of ether oxygens (including phenoxy) is 1. The van der Waals surface area contributed by atoms with Crippen LogP contribution in [0.4, 0.5) is 8.78 Å². The summed E-state index contributed by atoms with van der Waals surface area (Å²) in [7, 11) is 0. The van der Waals surface area contributed by atoms with Crippen LogP contribution in [0.1, 0.15) is 24.8 Å². The van der Waals surface area contributed by atoms with Gasteiger partial charge in [0.2, 0.25) is 0 Å². The van der Waals surface area contributed by atoms with E-state index in [9.17, 15) is 8.78 Å². The monoisotopic (exact) mass is 267 g/mol. The van der Waals surface area contributed by atoms with Gasteiger partial charge in [0.1, 0.15) is 0 Å². The van der Waals surface area contributed by atoms with Crippen molar-refractivity contribution in [2.45, 2.75) is 43.9 Å². The maximum Gasteiger partial charge on any atom is 0.250 e. The predicted molar refractivity (Wildman–Crippen MR) is 66.8 cm³/mol. The molecule has 0 spiro atoms. The number of hydrogen-bond donors (Lipinski definition) is 0. The third-order valence-corrected chi connectivity index (χ3v) is 3.24. The Bertz CT molecular complexity index is 460. The molecule has 102 valence electrons. The van der Waals surface area contributed by atoms with Gasteiger partial charge in [-0.2, -0.15) is 0 Å². The zero-order valence-electron chi connectivity index (χ0n) is 10.4. The molecule has 2 atom stereocenters. The van der Waals surface area contributed by atoms with Crippen LogP contribution in [-0.2, 0) is 11.3 Å². The Morgan fingerprint density at radius 1 is 1.37 bits per heavy atom. The van der Waals surface area contributed by atoms with Crippen molar-refractivity contribution in [2.75, 3.05) is 0 Å². The minimum atomic E-state index is -2.73. The molecular weight excluding hydrogens is 252 g/mol. The van der Waals surface area contributed by atoms with Gasteiger partial charge in [-0.25, -0.2) is 8.78 Å². The Balaban J connectivity index is 1.99. The molecule has 0 amide bonds. The fourth-order valence-electron chi connectivity index (χ4n) is 2.22. The highest BCUT2D eigenvalue weighted by atomic mass is 19.3. The number of halogens is 2. The quantitative estimate of drug-likeness (QED) is 0.461. The number of hydrogen-bond acceptors (Lipinski definition) is 2. The molecule has 1 aliphatic rings. The lowest BCUT2D eigenvalue weighted by atomic mass is 9.90. The largest absolute Gasteiger partial charge is 0.373 e. The van der Waals surface area contributed by atoms with E-state index < -0.39 is 18.1 Å². The van der Waals surface area contributed by atoms with Crippen LogP contribution in [-0.4, -0.2) is 18.1 Å². The number of alkyl halides is 2. The Kier molecular flexibility index (Phi) is 4.35. The average molecular weight is 267 g/mol. The van der Waals surface area contributed by atoms with Crippen LogP contribution >= 0.6 is 0 Å². The SMILES string of the molecule is [N-]=[N+]=N[C@@H]1CCC(F)(F)C[C@H]1OCc1ccccc1. The summed E-state index contributed by atoms with van der Waals surface area (Å²) in [4.78, 5) is 2.71. The van der Waals surface area contributed by atoms with E-state index in [0.29, 0.717) is 0 Å². The fourth-order valence-corrected chi connectivity index (χ4v) is 2.22. The van der Waals surface area contributed by atoms with Crippen molar-refractivity contribution in [2.24, 2.45) is 5.11 Å². The van der Waals surface area contributed by atoms with E-state index in [1.54, 1.807) is 0 Å². The first-order chi connectivity index (χ1) is 9.11. The van der Waals surface area contributed by atoms with E-state index in [4.69, 9.17) is 10.3 Å². The van der Waals surface area contributed by atoms with Gasteiger partial charge in [0.15, 0.2) is 0 Å². The molecular formula is C13H15F2N3O. The molecule has 0 bridgehead atoms. The second-order valence-corrected chi connectivity index (χ2v) is 4.71. The number of azide groups is 1. The van der Waals surface area contributed by atoms with Crippen molar-refractivity contribution >= 4 is 0 Å². The molecule has 4 nitrogen and oxygen atoms in total. The smallest absolute Gasteiger partial charge is 0.250 e. The summed E-state index contributed by atoms with van der Waals surface area (Å²) in [5.41, 5.74) is 9.38. The molecule has 1 fully saturated rings. The van der Waals surface area contributed by atoms with Crippen molar-refractivity contribution in [1.29, 1.82) is 0 Å². The van der Waals surface area contributed by atoms with E-state index in [1.807, 2.05) is 30.3 Å². The first-order valence-electron chi connectivity index (χ1n) is 6.18. The van der Waals surface area contributed by atoms with Gasteiger partial charge in [0, 0.05) is 17.8 Å². The molecule has 0 saturated heterocycles. The molecule has 0 heterocycles. The normalized spacial score (nSPS) is 25.6. The molecule has 1 aromatic carbocycles. The van der Waals surface area contributed by atoms with Crippen LogP contribution < -0.4 is 0 Å². The van der Waals surface area contributed by atoms with Gasteiger partial charge in [-0.05, 0) is 17.5 Å². The molecule has 0 unspecified atom stereocenters. The fraction of sp³-hybridized carbons (Fsp3) is 0.538. The van der Waals surface area contributed by atoms with Crippen molar-refractivity contribution in [3.05, 3.63) is 46.3 Å². The molecule has 0 aliphatic heterocycles. The molecule has 6 heteroatoms. The Hall–Kier alpha value is -1.65. The number of rotatable bonds is 4. The number of nitrogens with zero attached hydrogens (tertiary/aromatic N) is 3. The molecule has 0 aromatic heterocycles. The van der Waals surface area contributed by atoms with Crippen LogP contribution in [0.15, 0.2) is 35.4 Å². The Labute approximate surface area is 110 Å². The van der Waals surface area contributed by atoms with E-state index in [2.05, 4.69) is 10.0 Å². The lowest BCUT2D eigenvalue weighted by Crippen LogP contribution is -2.40. The third kappa shape index (κ3) is 3.91. The van der Waals surface area contributed by atoms with Gasteiger partial charge in [0.05, 0.1) is 18.8 Å². The highest BCUT2D eigenvalue weighted by Crippen LogP contribution is 2.36. The summed E-state index contributed by atoms with van der Waals surface area (Å²) in [6.07, 6.45) is -1.19. The van der Waals surface area contributed by atoms with Crippen LogP contribution in [0.3, 0.4) is 0 Å². The lowest BCUT2D eigenvalue weighted by Gasteiger charge is -2.33. The van der Waals surface area contributed by atoms with Gasteiger partial charge < -0.3 is 4.74 Å². The van der Waals surface area contributed by atoms with Crippen LogP contribution in [0.2, 0.25) is 0 Å². The standard InChI is InChI=1S/C13H15F2N3O/c14-13(15)7-6-11(17-18-16)12(8-13)19-9-10-4-2-1-3-5-10/h1-5,11-12H,6-9H2/t11-,12-/m1/s1. The summed E-state index contributed by atoms with van der Waals surface area (Å²) in [6.45, 7) is 0.249. The van der Waals surface area contributed by atoms with Gasteiger partial charge in [-0.3, -0.25) is 0 Å². The van der Waals surface area contributed by atoms with Crippen LogP contribution in [0.5, 0.6) is 0 Å². The maximum absolute atomic E-state index is 13.4. The summed E-state index contributed by atoms with van der Waals surface area (Å²) >= 11 is 0. The highest BCUT2D eigenvalue weighted by molar-refractivity contribution is 5.13. The zero-order chi connectivity index (χ0) is 13.7. The summed E-state index contributed by atoms with van der Waals surface area (Å²) < 4.78 is 32.3. The topological polar surface area (TPSA) is 58.0 Å². The van der Waals surface area contributed by atoms with Crippen LogP contribution in [0, 0.1) is 0 Å². The van der Waals surface area contributed by atoms with Gasteiger partial charge in [0.25, 0.3) is 5.92 Å². The van der Waals surface area contributed by atoms with Crippen molar-refractivity contribution in [3.63, 3.8) is 0 Å². The van der Waals surface area contributed by atoms with Crippen molar-refractivity contribution < 1.29 is 13.5 Å². The second kappa shape index (κ2) is 5.99. The molecule has 1 aliphatic carbocycles. The second-order valence-electron chi connectivity index (χ2n) is 4.71. The molecule has 2 rings (SSSR count). The minimum Gasteiger partial charge on any atom is -0.373 e. The van der Waals surface area contributed by atoms with E-state index in [1.165, 1.54) is 0 Å². The lowest BCUT2D eigenvalue weighted by molar-refractivity contribution is -0.108.